The molecule has 1 rings (SSSR count). The van der Waals surface area contributed by atoms with Crippen molar-refractivity contribution in [2.75, 3.05) is 11.4 Å². The van der Waals surface area contributed by atoms with Gasteiger partial charge in [-0.1, -0.05) is 31.5 Å². The number of hydrogen-bond acceptors (Lipinski definition) is 1. The Morgan fingerprint density at radius 2 is 1.79 bits per heavy atom. The van der Waals surface area contributed by atoms with Gasteiger partial charge in [-0.3, -0.25) is 0 Å². The van der Waals surface area contributed by atoms with Gasteiger partial charge in [-0.2, -0.15) is 0 Å². The number of benzene rings is 1. The van der Waals surface area contributed by atoms with Gasteiger partial charge in [0.1, 0.15) is 0 Å². The van der Waals surface area contributed by atoms with Crippen LogP contribution in [0.5, 0.6) is 0 Å². The van der Waals surface area contributed by atoms with Gasteiger partial charge >= 0.3 is 0 Å². The summed E-state index contributed by atoms with van der Waals surface area (Å²) in [7, 11) is 0. The number of para-hydroxylation sites is 1. The molecule has 0 heterocycles. The highest BCUT2D eigenvalue weighted by Gasteiger charge is 2.08. The van der Waals surface area contributed by atoms with E-state index in [2.05, 4.69) is 56.0 Å². The molecular formula is C13H21N. The monoisotopic (exact) mass is 191 g/mol. The van der Waals surface area contributed by atoms with E-state index in [4.69, 9.17) is 0 Å². The van der Waals surface area contributed by atoms with Crippen LogP contribution in [-0.4, -0.2) is 12.6 Å². The van der Waals surface area contributed by atoms with E-state index in [-0.39, 0.29) is 0 Å². The Labute approximate surface area is 87.7 Å². The second-order valence-corrected chi connectivity index (χ2v) is 3.98. The Morgan fingerprint density at radius 1 is 1.14 bits per heavy atom. The fourth-order valence-corrected chi connectivity index (χ4v) is 1.63. The summed E-state index contributed by atoms with van der Waals surface area (Å²) >= 11 is 0. The third-order valence-corrected chi connectivity index (χ3v) is 2.46. The van der Waals surface area contributed by atoms with Crippen molar-refractivity contribution in [3.05, 3.63) is 30.3 Å². The molecular weight excluding hydrogens is 170 g/mol. The highest BCUT2D eigenvalue weighted by Crippen LogP contribution is 2.16. The molecule has 1 aromatic rings. The standard InChI is InChI=1S/C13H21N/c1-4-5-11-14(12(2)3)13-9-7-6-8-10-13/h6-10,12H,4-5,11H2,1-3H3. The number of anilines is 1. The Bertz CT molecular complexity index is 241. The van der Waals surface area contributed by atoms with Crippen LogP contribution in [-0.2, 0) is 0 Å². The molecule has 0 aliphatic rings. The number of unbranched alkanes of at least 4 members (excludes halogenated alkanes) is 1. The average molecular weight is 191 g/mol. The zero-order chi connectivity index (χ0) is 10.4. The summed E-state index contributed by atoms with van der Waals surface area (Å²) in [6, 6.07) is 11.3. The van der Waals surface area contributed by atoms with Gasteiger partial charge in [0, 0.05) is 18.3 Å². The molecule has 1 aromatic carbocycles. The smallest absolute Gasteiger partial charge is 0.0368 e. The van der Waals surface area contributed by atoms with E-state index in [0.29, 0.717) is 6.04 Å². The first-order valence-electron chi connectivity index (χ1n) is 5.57. The Balaban J connectivity index is 2.68. The van der Waals surface area contributed by atoms with Crippen molar-refractivity contribution in [1.82, 2.24) is 0 Å². The van der Waals surface area contributed by atoms with Crippen molar-refractivity contribution in [2.24, 2.45) is 0 Å². The molecule has 0 amide bonds. The van der Waals surface area contributed by atoms with Crippen molar-refractivity contribution in [1.29, 1.82) is 0 Å². The second-order valence-electron chi connectivity index (χ2n) is 3.98. The number of rotatable bonds is 5. The number of nitrogens with zero attached hydrogens (tertiary/aromatic N) is 1. The molecule has 0 N–H and O–H groups in total. The molecule has 0 fully saturated rings. The lowest BCUT2D eigenvalue weighted by atomic mass is 10.2. The van der Waals surface area contributed by atoms with Gasteiger partial charge in [0.25, 0.3) is 0 Å². The summed E-state index contributed by atoms with van der Waals surface area (Å²) in [5, 5.41) is 0. The van der Waals surface area contributed by atoms with Crippen LogP contribution in [0.15, 0.2) is 30.3 Å². The predicted octanol–water partition coefficient (Wildman–Crippen LogP) is 3.70. The molecule has 0 unspecified atom stereocenters. The highest BCUT2D eigenvalue weighted by molar-refractivity contribution is 5.46. The SMILES string of the molecule is CCCCN(c1ccccc1)C(C)C. The quantitative estimate of drug-likeness (QED) is 0.686. The van der Waals surface area contributed by atoms with Crippen LogP contribution in [0.4, 0.5) is 5.69 Å². The Morgan fingerprint density at radius 3 is 2.29 bits per heavy atom. The summed E-state index contributed by atoms with van der Waals surface area (Å²) in [6.07, 6.45) is 2.53. The predicted molar refractivity (Wildman–Crippen MR) is 63.8 cm³/mol. The van der Waals surface area contributed by atoms with Crippen LogP contribution >= 0.6 is 0 Å². The average Bonchev–Trinajstić information content (AvgIpc) is 2.19. The maximum Gasteiger partial charge on any atom is 0.0368 e. The third-order valence-electron chi connectivity index (χ3n) is 2.46. The molecule has 0 aliphatic heterocycles. The fraction of sp³-hybridized carbons (Fsp3) is 0.538. The first kappa shape index (κ1) is 11.1. The number of hydrogen-bond donors (Lipinski definition) is 0. The van der Waals surface area contributed by atoms with E-state index in [9.17, 15) is 0 Å². The molecule has 78 valence electrons. The second kappa shape index (κ2) is 5.69. The van der Waals surface area contributed by atoms with E-state index in [0.717, 1.165) is 6.54 Å². The normalized spacial score (nSPS) is 10.6. The van der Waals surface area contributed by atoms with Gasteiger partial charge in [0.15, 0.2) is 0 Å². The Kier molecular flexibility index (Phi) is 4.51. The van der Waals surface area contributed by atoms with Gasteiger partial charge in [-0.15, -0.1) is 0 Å². The van der Waals surface area contributed by atoms with Crippen LogP contribution in [0.2, 0.25) is 0 Å². The van der Waals surface area contributed by atoms with E-state index in [1.165, 1.54) is 18.5 Å². The summed E-state index contributed by atoms with van der Waals surface area (Å²) in [6.45, 7) is 7.91. The fourth-order valence-electron chi connectivity index (χ4n) is 1.63. The molecule has 14 heavy (non-hydrogen) atoms. The van der Waals surface area contributed by atoms with Gasteiger partial charge in [-0.25, -0.2) is 0 Å². The van der Waals surface area contributed by atoms with Crippen LogP contribution in [0.25, 0.3) is 0 Å². The summed E-state index contributed by atoms with van der Waals surface area (Å²) < 4.78 is 0. The summed E-state index contributed by atoms with van der Waals surface area (Å²) in [5.74, 6) is 0. The van der Waals surface area contributed by atoms with Gasteiger partial charge in [0.2, 0.25) is 0 Å². The van der Waals surface area contributed by atoms with Crippen LogP contribution in [0, 0.1) is 0 Å². The largest absolute Gasteiger partial charge is 0.369 e. The maximum atomic E-state index is 2.46. The molecule has 0 radical (unpaired) electrons. The zero-order valence-electron chi connectivity index (χ0n) is 9.53. The van der Waals surface area contributed by atoms with Crippen molar-refractivity contribution in [3.63, 3.8) is 0 Å². The highest BCUT2D eigenvalue weighted by atomic mass is 15.1. The molecule has 0 saturated heterocycles. The topological polar surface area (TPSA) is 3.24 Å². The molecule has 0 aliphatic carbocycles. The van der Waals surface area contributed by atoms with Crippen LogP contribution in [0.1, 0.15) is 33.6 Å². The lowest BCUT2D eigenvalue weighted by Crippen LogP contribution is -2.31. The Hall–Kier alpha value is -0.980. The summed E-state index contributed by atoms with van der Waals surface area (Å²) in [4.78, 5) is 2.46. The van der Waals surface area contributed by atoms with Crippen molar-refractivity contribution >= 4 is 5.69 Å². The lowest BCUT2D eigenvalue weighted by Gasteiger charge is -2.28. The first-order chi connectivity index (χ1) is 6.75. The van der Waals surface area contributed by atoms with Crippen LogP contribution in [0.3, 0.4) is 0 Å². The van der Waals surface area contributed by atoms with Crippen molar-refractivity contribution in [3.8, 4) is 0 Å². The molecule has 0 spiro atoms. The van der Waals surface area contributed by atoms with Crippen LogP contribution < -0.4 is 4.90 Å². The molecule has 0 bridgehead atoms. The third kappa shape index (κ3) is 3.06. The van der Waals surface area contributed by atoms with Crippen molar-refractivity contribution < 1.29 is 0 Å². The molecule has 1 heteroatoms. The minimum absolute atomic E-state index is 0.587. The minimum Gasteiger partial charge on any atom is -0.369 e. The maximum absolute atomic E-state index is 2.46. The molecule has 0 saturated carbocycles. The first-order valence-corrected chi connectivity index (χ1v) is 5.57. The van der Waals surface area contributed by atoms with E-state index in [1.807, 2.05) is 0 Å². The zero-order valence-corrected chi connectivity index (χ0v) is 9.53. The molecule has 0 aromatic heterocycles. The van der Waals surface area contributed by atoms with E-state index >= 15 is 0 Å². The van der Waals surface area contributed by atoms with Gasteiger partial charge in [0.05, 0.1) is 0 Å². The molecule has 1 nitrogen and oxygen atoms in total. The lowest BCUT2D eigenvalue weighted by molar-refractivity contribution is 0.646. The minimum atomic E-state index is 0.587. The van der Waals surface area contributed by atoms with Crippen molar-refractivity contribution in [2.45, 2.75) is 39.7 Å². The van der Waals surface area contributed by atoms with Gasteiger partial charge in [-0.05, 0) is 32.4 Å². The van der Waals surface area contributed by atoms with E-state index < -0.39 is 0 Å². The summed E-state index contributed by atoms with van der Waals surface area (Å²) in [5.41, 5.74) is 1.34. The molecule has 0 atom stereocenters. The van der Waals surface area contributed by atoms with Gasteiger partial charge < -0.3 is 4.90 Å². The van der Waals surface area contributed by atoms with E-state index in [1.54, 1.807) is 0 Å².